The maximum atomic E-state index is 10.4. The molecule has 2 aromatic heterocycles. The Hall–Kier alpha value is -3.90. The van der Waals surface area contributed by atoms with Gasteiger partial charge < -0.3 is 4.42 Å². The zero-order valence-electron chi connectivity index (χ0n) is 27.5. The van der Waals surface area contributed by atoms with Crippen LogP contribution < -0.4 is 4.57 Å². The first-order chi connectivity index (χ1) is 21.0. The van der Waals surface area contributed by atoms with Gasteiger partial charge in [-0.2, -0.15) is 5.26 Å². The Labute approximate surface area is 247 Å². The highest BCUT2D eigenvalue weighted by Crippen LogP contribution is 2.49. The van der Waals surface area contributed by atoms with Gasteiger partial charge in [-0.3, -0.25) is 0 Å². The van der Waals surface area contributed by atoms with Crippen LogP contribution in [0, 0.1) is 18.3 Å². The quantitative estimate of drug-likeness (QED) is 0.213. The van der Waals surface area contributed by atoms with Gasteiger partial charge in [-0.05, 0) is 96.3 Å². The van der Waals surface area contributed by atoms with E-state index in [9.17, 15) is 9.37 Å². The molecule has 3 aromatic carbocycles. The van der Waals surface area contributed by atoms with E-state index in [1.807, 2.05) is 43.6 Å². The molecule has 0 saturated heterocycles. The summed E-state index contributed by atoms with van der Waals surface area (Å²) in [5, 5.41) is 12.3. The minimum Gasteiger partial charge on any atom is -0.454 e. The maximum absolute atomic E-state index is 10.4. The van der Waals surface area contributed by atoms with E-state index >= 15 is 0 Å². The molecular weight excluding hydrogens is 500 g/mol. The van der Waals surface area contributed by atoms with Crippen molar-refractivity contribution in [3.63, 3.8) is 0 Å². The average Bonchev–Trinajstić information content (AvgIpc) is 3.38. The number of furan rings is 1. The molecule has 2 aliphatic carbocycles. The van der Waals surface area contributed by atoms with Gasteiger partial charge in [-0.25, -0.2) is 4.57 Å². The summed E-state index contributed by atoms with van der Waals surface area (Å²) in [5.41, 5.74) is 8.59. The lowest BCUT2D eigenvalue weighted by Gasteiger charge is -2.38. The zero-order chi connectivity index (χ0) is 31.0. The number of hydrogen-bond donors (Lipinski definition) is 0. The third-order valence-corrected chi connectivity index (χ3v) is 9.49. The van der Waals surface area contributed by atoms with Crippen LogP contribution >= 0.6 is 0 Å². The van der Waals surface area contributed by atoms with E-state index in [0.29, 0.717) is 40.7 Å². The summed E-state index contributed by atoms with van der Waals surface area (Å²) in [6.45, 7) is 6.48. The molecule has 5 aromatic rings. The number of nitriles is 1. The second-order valence-corrected chi connectivity index (χ2v) is 12.5. The first-order valence-electron chi connectivity index (χ1n) is 16.5. The molecule has 0 spiro atoms. The van der Waals surface area contributed by atoms with Crippen molar-refractivity contribution >= 4 is 21.9 Å². The lowest BCUT2D eigenvalue weighted by molar-refractivity contribution is -0.660. The third kappa shape index (κ3) is 4.11. The highest BCUT2D eigenvalue weighted by Gasteiger charge is 2.35. The Balaban J connectivity index is 1.59. The summed E-state index contributed by atoms with van der Waals surface area (Å²) in [6.07, 6.45) is 6.28. The van der Waals surface area contributed by atoms with Crippen LogP contribution in [0.15, 0.2) is 65.2 Å². The van der Waals surface area contributed by atoms with Crippen molar-refractivity contribution in [3.8, 4) is 28.5 Å². The molecule has 0 atom stereocenters. The molecule has 0 unspecified atom stereocenters. The van der Waals surface area contributed by atoms with Gasteiger partial charge in [0, 0.05) is 32.6 Å². The van der Waals surface area contributed by atoms with Crippen LogP contribution in [0.1, 0.15) is 96.6 Å². The molecule has 3 nitrogen and oxygen atoms in total. The zero-order valence-corrected chi connectivity index (χ0v) is 24.5. The number of benzene rings is 3. The van der Waals surface area contributed by atoms with Crippen molar-refractivity contribution in [1.29, 1.82) is 5.26 Å². The first-order valence-corrected chi connectivity index (χ1v) is 15.0. The topological polar surface area (TPSA) is 40.8 Å². The molecule has 7 rings (SSSR count). The second kappa shape index (κ2) is 9.88. The van der Waals surface area contributed by atoms with Gasteiger partial charge in [0.2, 0.25) is 5.69 Å². The molecule has 41 heavy (non-hydrogen) atoms. The van der Waals surface area contributed by atoms with E-state index in [-0.39, 0.29) is 5.41 Å². The van der Waals surface area contributed by atoms with Crippen molar-refractivity contribution in [2.24, 2.45) is 7.05 Å². The summed E-state index contributed by atoms with van der Waals surface area (Å²) >= 11 is 0. The van der Waals surface area contributed by atoms with E-state index in [1.165, 1.54) is 0 Å². The van der Waals surface area contributed by atoms with Crippen molar-refractivity contribution < 1.29 is 13.1 Å². The molecule has 1 saturated carbocycles. The lowest BCUT2D eigenvalue weighted by Crippen LogP contribution is -2.30. The van der Waals surface area contributed by atoms with Crippen molar-refractivity contribution in [2.75, 3.05) is 0 Å². The SMILES string of the molecule is [2H]C1([2H])CCC(C)(C)c2c(C3([2H])CCCCC3)ccc(-c3c(C#N)ccc4c3oc3c(-c5cccc[n+]5C)c(C)ccc34)c21. The van der Waals surface area contributed by atoms with Crippen molar-refractivity contribution in [1.82, 2.24) is 0 Å². The van der Waals surface area contributed by atoms with Gasteiger partial charge >= 0.3 is 0 Å². The molecule has 3 heteroatoms. The number of fused-ring (bicyclic) bond motifs is 4. The number of aryl methyl sites for hydroxylation is 2. The highest BCUT2D eigenvalue weighted by molar-refractivity contribution is 6.14. The summed E-state index contributed by atoms with van der Waals surface area (Å²) in [5.74, 6) is -0.730. The largest absolute Gasteiger partial charge is 0.454 e. The Morgan fingerprint density at radius 1 is 0.951 bits per heavy atom. The molecule has 0 aliphatic heterocycles. The van der Waals surface area contributed by atoms with E-state index in [0.717, 1.165) is 76.4 Å². The van der Waals surface area contributed by atoms with Gasteiger partial charge in [0.15, 0.2) is 6.20 Å². The molecule has 2 heterocycles. The van der Waals surface area contributed by atoms with Gasteiger partial charge in [0.25, 0.3) is 0 Å². The van der Waals surface area contributed by atoms with Crippen molar-refractivity contribution in [3.05, 3.63) is 88.6 Å². The van der Waals surface area contributed by atoms with Gasteiger partial charge in [0.05, 0.1) is 17.2 Å². The fourth-order valence-electron chi connectivity index (χ4n) is 7.33. The monoisotopic (exact) mass is 542 g/mol. The molecule has 2 aliphatic rings. The van der Waals surface area contributed by atoms with Crippen LogP contribution in [-0.4, -0.2) is 0 Å². The van der Waals surface area contributed by atoms with Crippen LogP contribution in [0.2, 0.25) is 0 Å². The Morgan fingerprint density at radius 3 is 2.46 bits per heavy atom. The third-order valence-electron chi connectivity index (χ3n) is 9.49. The Morgan fingerprint density at radius 2 is 1.71 bits per heavy atom. The van der Waals surface area contributed by atoms with E-state index in [4.69, 9.17) is 4.42 Å². The minimum atomic E-state index is -1.61. The predicted molar refractivity (Wildman–Crippen MR) is 167 cm³/mol. The first kappa shape index (κ1) is 22.8. The normalized spacial score (nSPS) is 20.1. The Kier molecular flexibility index (Phi) is 5.48. The lowest BCUT2D eigenvalue weighted by atomic mass is 9.66. The molecule has 206 valence electrons. The van der Waals surface area contributed by atoms with Crippen LogP contribution in [0.25, 0.3) is 44.3 Å². The molecular formula is C38H39N2O+. The van der Waals surface area contributed by atoms with Crippen LogP contribution in [0.3, 0.4) is 0 Å². The van der Waals surface area contributed by atoms with Gasteiger partial charge in [-0.15, -0.1) is 0 Å². The Bertz CT molecular complexity index is 2010. The molecule has 0 N–H and O–H groups in total. The summed E-state index contributed by atoms with van der Waals surface area (Å²) in [6, 6.07) is 20.6. The number of rotatable bonds is 3. The van der Waals surface area contributed by atoms with Crippen molar-refractivity contribution in [2.45, 2.75) is 83.4 Å². The number of pyridine rings is 1. The smallest absolute Gasteiger partial charge is 0.216 e. The molecule has 1 fully saturated rings. The highest BCUT2D eigenvalue weighted by atomic mass is 16.3. The van der Waals surface area contributed by atoms with E-state index in [1.54, 1.807) is 0 Å². The number of aromatic nitrogens is 1. The number of nitrogens with zero attached hydrogens (tertiary/aromatic N) is 2. The minimum absolute atomic E-state index is 0.307. The standard InChI is InChI=1S/C38H39N2O/c1-24-15-17-30-31-18-16-26(23-39)34(37(31)41-36(30)33(24)32-14-8-9-22-40(32)4)28-20-19-27(25-11-6-5-7-12-25)35-29(28)13-10-21-38(35,2)3/h8-9,14-20,22,25H,5-7,10-13,21H2,1-4H3/q+1/i13D2,25D. The summed E-state index contributed by atoms with van der Waals surface area (Å²) in [7, 11) is 2.03. The summed E-state index contributed by atoms with van der Waals surface area (Å²) in [4.78, 5) is 0. The van der Waals surface area contributed by atoms with Crippen LogP contribution in [-0.2, 0) is 18.8 Å². The maximum Gasteiger partial charge on any atom is 0.216 e. The van der Waals surface area contributed by atoms with E-state index in [2.05, 4.69) is 55.7 Å². The van der Waals surface area contributed by atoms with Crippen LogP contribution in [0.5, 0.6) is 0 Å². The van der Waals surface area contributed by atoms with Crippen LogP contribution in [0.4, 0.5) is 0 Å². The number of hydrogen-bond acceptors (Lipinski definition) is 2. The fourth-order valence-corrected chi connectivity index (χ4v) is 7.33. The summed E-state index contributed by atoms with van der Waals surface area (Å²) < 4.78 is 37.3. The van der Waals surface area contributed by atoms with Gasteiger partial charge in [0.1, 0.15) is 18.2 Å². The molecule has 0 amide bonds. The molecule has 0 bridgehead atoms. The molecule has 0 radical (unpaired) electrons. The van der Waals surface area contributed by atoms with E-state index < -0.39 is 12.3 Å². The fraction of sp³-hybridized carbons (Fsp3) is 0.368. The average molecular weight is 543 g/mol. The predicted octanol–water partition coefficient (Wildman–Crippen LogP) is 9.59. The van der Waals surface area contributed by atoms with Gasteiger partial charge in [-0.1, -0.05) is 57.4 Å². The second-order valence-electron chi connectivity index (χ2n) is 12.5.